The van der Waals surface area contributed by atoms with Crippen molar-refractivity contribution in [1.29, 1.82) is 0 Å². The summed E-state index contributed by atoms with van der Waals surface area (Å²) in [5, 5.41) is 2.32. The summed E-state index contributed by atoms with van der Waals surface area (Å²) >= 11 is 18.0. The number of aromatic nitrogens is 3. The molecule has 8 heteroatoms. The van der Waals surface area contributed by atoms with Gasteiger partial charge in [0.05, 0.1) is 5.52 Å². The second-order valence-electron chi connectivity index (χ2n) is 5.78. The van der Waals surface area contributed by atoms with E-state index in [-0.39, 0.29) is 5.28 Å². The van der Waals surface area contributed by atoms with Crippen molar-refractivity contribution in [3.63, 3.8) is 0 Å². The molecule has 3 aromatic rings. The van der Waals surface area contributed by atoms with Crippen molar-refractivity contribution in [3.8, 4) is 0 Å². The van der Waals surface area contributed by atoms with Crippen molar-refractivity contribution in [2.24, 2.45) is 0 Å². The Balaban J connectivity index is 1.56. The molecule has 0 N–H and O–H groups in total. The molecule has 128 valence electrons. The molecule has 25 heavy (non-hydrogen) atoms. The number of hydrogen-bond acceptors (Lipinski definition) is 5. The standard InChI is InChI=1S/C17H14Cl3N5/c18-11-1-2-12-13(9-11)21-4-3-14(12)24-5-7-25(8-6-24)16-10-15(19)22-17(20)23-16/h1-4,9-10H,5-8H2. The molecule has 1 aliphatic rings. The molecule has 1 aromatic carbocycles. The lowest BCUT2D eigenvalue weighted by atomic mass is 10.1. The molecule has 1 saturated heterocycles. The quantitative estimate of drug-likeness (QED) is 0.479. The van der Waals surface area contributed by atoms with Crippen LogP contribution < -0.4 is 9.80 Å². The molecule has 0 spiro atoms. The highest BCUT2D eigenvalue weighted by Gasteiger charge is 2.20. The van der Waals surface area contributed by atoms with E-state index in [9.17, 15) is 0 Å². The van der Waals surface area contributed by atoms with E-state index in [2.05, 4.69) is 24.8 Å². The molecule has 0 saturated carbocycles. The van der Waals surface area contributed by atoms with Gasteiger partial charge < -0.3 is 9.80 Å². The van der Waals surface area contributed by atoms with Crippen LogP contribution >= 0.6 is 34.8 Å². The van der Waals surface area contributed by atoms with Crippen LogP contribution in [-0.4, -0.2) is 41.1 Å². The van der Waals surface area contributed by atoms with Gasteiger partial charge in [0.25, 0.3) is 0 Å². The van der Waals surface area contributed by atoms with E-state index < -0.39 is 0 Å². The minimum atomic E-state index is 0.168. The largest absolute Gasteiger partial charge is 0.367 e. The Kier molecular flexibility index (Phi) is 4.54. The Morgan fingerprint density at radius 3 is 2.36 bits per heavy atom. The van der Waals surface area contributed by atoms with Gasteiger partial charge in [-0.05, 0) is 35.9 Å². The number of hydrogen-bond donors (Lipinski definition) is 0. The van der Waals surface area contributed by atoms with Crippen LogP contribution in [0.5, 0.6) is 0 Å². The first-order valence-electron chi connectivity index (χ1n) is 7.84. The average Bonchev–Trinajstić information content (AvgIpc) is 2.60. The minimum Gasteiger partial charge on any atom is -0.367 e. The van der Waals surface area contributed by atoms with Crippen LogP contribution in [0.15, 0.2) is 36.5 Å². The first-order valence-corrected chi connectivity index (χ1v) is 8.98. The van der Waals surface area contributed by atoms with Gasteiger partial charge in [-0.15, -0.1) is 0 Å². The Morgan fingerprint density at radius 2 is 1.60 bits per heavy atom. The summed E-state index contributed by atoms with van der Waals surface area (Å²) in [5.74, 6) is 0.760. The zero-order chi connectivity index (χ0) is 17.4. The van der Waals surface area contributed by atoms with Gasteiger partial charge in [-0.25, -0.2) is 9.97 Å². The van der Waals surface area contributed by atoms with E-state index in [1.54, 1.807) is 6.07 Å². The SMILES string of the molecule is Clc1ccc2c(N3CCN(c4cc(Cl)nc(Cl)n4)CC3)ccnc2c1. The van der Waals surface area contributed by atoms with Crippen LogP contribution in [0.25, 0.3) is 10.9 Å². The molecule has 1 fully saturated rings. The molecule has 3 heterocycles. The first-order chi connectivity index (χ1) is 12.1. The van der Waals surface area contributed by atoms with Gasteiger partial charge in [-0.1, -0.05) is 23.2 Å². The molecular weight excluding hydrogens is 381 g/mol. The maximum Gasteiger partial charge on any atom is 0.225 e. The lowest BCUT2D eigenvalue weighted by Crippen LogP contribution is -2.47. The molecule has 0 radical (unpaired) electrons. The molecule has 0 atom stereocenters. The fourth-order valence-electron chi connectivity index (χ4n) is 3.10. The van der Waals surface area contributed by atoms with Crippen molar-refractivity contribution in [1.82, 2.24) is 15.0 Å². The van der Waals surface area contributed by atoms with E-state index >= 15 is 0 Å². The van der Waals surface area contributed by atoms with Gasteiger partial charge in [0.1, 0.15) is 11.0 Å². The summed E-state index contributed by atoms with van der Waals surface area (Å²) in [6.07, 6.45) is 1.82. The van der Waals surface area contributed by atoms with Gasteiger partial charge in [0, 0.05) is 54.5 Å². The summed E-state index contributed by atoms with van der Waals surface area (Å²) in [5.41, 5.74) is 2.07. The highest BCUT2D eigenvalue weighted by molar-refractivity contribution is 6.32. The molecule has 0 aliphatic carbocycles. The number of piperazine rings is 1. The zero-order valence-corrected chi connectivity index (χ0v) is 15.4. The summed E-state index contributed by atoms with van der Waals surface area (Å²) in [6.45, 7) is 3.37. The second kappa shape index (κ2) is 6.83. The second-order valence-corrected chi connectivity index (χ2v) is 6.95. The summed E-state index contributed by atoms with van der Waals surface area (Å²) < 4.78 is 0. The third-order valence-electron chi connectivity index (χ3n) is 4.28. The molecule has 1 aliphatic heterocycles. The Morgan fingerprint density at radius 1 is 0.840 bits per heavy atom. The normalized spacial score (nSPS) is 15.0. The number of pyridine rings is 1. The third-order valence-corrected chi connectivity index (χ3v) is 4.88. The molecule has 0 bridgehead atoms. The van der Waals surface area contributed by atoms with E-state index in [0.717, 1.165) is 42.9 Å². The maximum atomic E-state index is 6.08. The predicted octanol–water partition coefficient (Wildman–Crippen LogP) is 4.31. The Bertz CT molecular complexity index is 905. The first kappa shape index (κ1) is 16.6. The van der Waals surface area contributed by atoms with Gasteiger partial charge in [0.15, 0.2) is 0 Å². The highest BCUT2D eigenvalue weighted by atomic mass is 35.5. The van der Waals surface area contributed by atoms with Crippen molar-refractivity contribution >= 4 is 57.2 Å². The number of anilines is 2. The lowest BCUT2D eigenvalue weighted by Gasteiger charge is -2.37. The summed E-state index contributed by atoms with van der Waals surface area (Å²) in [7, 11) is 0. The molecule has 0 unspecified atom stereocenters. The Labute approximate surface area is 160 Å². The van der Waals surface area contributed by atoms with Crippen LogP contribution in [0.3, 0.4) is 0 Å². The van der Waals surface area contributed by atoms with Crippen LogP contribution in [0, 0.1) is 0 Å². The van der Waals surface area contributed by atoms with Crippen LogP contribution in [0.4, 0.5) is 11.5 Å². The van der Waals surface area contributed by atoms with Gasteiger partial charge in [0.2, 0.25) is 5.28 Å². The number of nitrogens with zero attached hydrogens (tertiary/aromatic N) is 5. The van der Waals surface area contributed by atoms with Crippen molar-refractivity contribution in [2.45, 2.75) is 0 Å². The van der Waals surface area contributed by atoms with Crippen molar-refractivity contribution < 1.29 is 0 Å². The van der Waals surface area contributed by atoms with Crippen molar-refractivity contribution in [3.05, 3.63) is 52.0 Å². The molecule has 2 aromatic heterocycles. The lowest BCUT2D eigenvalue weighted by molar-refractivity contribution is 0.648. The number of benzene rings is 1. The highest BCUT2D eigenvalue weighted by Crippen LogP contribution is 2.29. The summed E-state index contributed by atoms with van der Waals surface area (Å²) in [6, 6.07) is 9.60. The molecule has 5 nitrogen and oxygen atoms in total. The van der Waals surface area contributed by atoms with E-state index in [1.807, 2.05) is 30.5 Å². The fraction of sp³-hybridized carbons (Fsp3) is 0.235. The average molecular weight is 395 g/mol. The maximum absolute atomic E-state index is 6.08. The molecule has 0 amide bonds. The molecular formula is C17H14Cl3N5. The molecule has 4 rings (SSSR count). The summed E-state index contributed by atoms with van der Waals surface area (Å²) in [4.78, 5) is 17.1. The number of rotatable bonds is 2. The van der Waals surface area contributed by atoms with Crippen LogP contribution in [-0.2, 0) is 0 Å². The van der Waals surface area contributed by atoms with E-state index in [4.69, 9.17) is 34.8 Å². The zero-order valence-electron chi connectivity index (χ0n) is 13.2. The number of fused-ring (bicyclic) bond motifs is 1. The van der Waals surface area contributed by atoms with Gasteiger partial charge in [-0.3, -0.25) is 4.98 Å². The smallest absolute Gasteiger partial charge is 0.225 e. The topological polar surface area (TPSA) is 45.2 Å². The van der Waals surface area contributed by atoms with Gasteiger partial charge >= 0.3 is 0 Å². The predicted molar refractivity (Wildman–Crippen MR) is 103 cm³/mol. The monoisotopic (exact) mass is 393 g/mol. The van der Waals surface area contributed by atoms with Gasteiger partial charge in [-0.2, -0.15) is 0 Å². The Hall–Kier alpha value is -1.82. The number of halogens is 3. The fourth-order valence-corrected chi connectivity index (χ4v) is 3.66. The van der Waals surface area contributed by atoms with Crippen LogP contribution in [0.1, 0.15) is 0 Å². The van der Waals surface area contributed by atoms with E-state index in [1.165, 1.54) is 5.69 Å². The minimum absolute atomic E-state index is 0.168. The van der Waals surface area contributed by atoms with Crippen LogP contribution in [0.2, 0.25) is 15.5 Å². The third kappa shape index (κ3) is 3.45. The van der Waals surface area contributed by atoms with E-state index in [0.29, 0.717) is 10.2 Å². The van der Waals surface area contributed by atoms with Crippen molar-refractivity contribution in [2.75, 3.05) is 36.0 Å².